The third kappa shape index (κ3) is 3.86. The van der Waals surface area contributed by atoms with Crippen molar-refractivity contribution < 1.29 is 0 Å². The Morgan fingerprint density at radius 1 is 0.917 bits per heavy atom. The average molecular weight is 183 g/mol. The second kappa shape index (κ2) is 6.18. The Bertz CT molecular complexity index is 182. The van der Waals surface area contributed by atoms with Crippen LogP contribution in [-0.2, 0) is 6.54 Å². The quantitative estimate of drug-likeness (QED) is 0.511. The zero-order chi connectivity index (χ0) is 8.65. The number of nitrogens with zero attached hydrogens (tertiary/aromatic N) is 1. The Morgan fingerprint density at radius 2 is 1.58 bits per heavy atom. The van der Waals surface area contributed by atoms with Crippen molar-refractivity contribution in [2.45, 2.75) is 32.2 Å². The highest BCUT2D eigenvalue weighted by molar-refractivity contribution is 7.80. The van der Waals surface area contributed by atoms with E-state index in [1.807, 2.05) is 0 Å². The van der Waals surface area contributed by atoms with E-state index in [4.69, 9.17) is 0 Å². The van der Waals surface area contributed by atoms with Crippen LogP contribution in [0.1, 0.15) is 25.7 Å². The maximum Gasteiger partial charge on any atom is 0.0219 e. The molecule has 0 atom stereocenters. The lowest BCUT2D eigenvalue weighted by atomic mass is 10.2. The molecule has 0 amide bonds. The van der Waals surface area contributed by atoms with Crippen molar-refractivity contribution in [3.8, 4) is 0 Å². The number of rotatable bonds is 6. The molecular weight excluding hydrogens is 166 g/mol. The number of aromatic nitrogens is 1. The molecule has 2 heteroatoms. The molecule has 0 aliphatic carbocycles. The van der Waals surface area contributed by atoms with Crippen LogP contribution in [0.5, 0.6) is 0 Å². The summed E-state index contributed by atoms with van der Waals surface area (Å²) in [5, 5.41) is 0. The van der Waals surface area contributed by atoms with E-state index in [1.165, 1.54) is 32.2 Å². The first-order chi connectivity index (χ1) is 5.93. The largest absolute Gasteiger partial charge is 0.354 e. The van der Waals surface area contributed by atoms with E-state index >= 15 is 0 Å². The Balaban J connectivity index is 1.96. The van der Waals surface area contributed by atoms with Crippen LogP contribution in [0.2, 0.25) is 0 Å². The third-order valence-corrected chi connectivity index (χ3v) is 2.31. The highest BCUT2D eigenvalue weighted by atomic mass is 32.1. The summed E-state index contributed by atoms with van der Waals surface area (Å²) in [6.07, 6.45) is 9.46. The predicted octanol–water partition coefficient (Wildman–Crippen LogP) is 2.98. The normalized spacial score (nSPS) is 10.4. The molecule has 0 fully saturated rings. The van der Waals surface area contributed by atoms with Crippen LogP contribution in [0.3, 0.4) is 0 Å². The Morgan fingerprint density at radius 3 is 2.25 bits per heavy atom. The van der Waals surface area contributed by atoms with E-state index in [2.05, 4.69) is 41.7 Å². The molecule has 0 aliphatic rings. The Kier molecular flexibility index (Phi) is 5.00. The van der Waals surface area contributed by atoms with Gasteiger partial charge in [-0.15, -0.1) is 0 Å². The molecule has 0 saturated carbocycles. The first kappa shape index (κ1) is 9.72. The fourth-order valence-corrected chi connectivity index (χ4v) is 1.50. The number of unbranched alkanes of at least 4 members (excludes halogenated alkanes) is 3. The lowest BCUT2D eigenvalue weighted by Gasteiger charge is -2.01. The van der Waals surface area contributed by atoms with Crippen molar-refractivity contribution in [2.75, 3.05) is 5.75 Å². The molecule has 1 heterocycles. The lowest BCUT2D eigenvalue weighted by molar-refractivity contribution is 0.586. The molecule has 1 aromatic rings. The van der Waals surface area contributed by atoms with Gasteiger partial charge in [0.25, 0.3) is 0 Å². The van der Waals surface area contributed by atoms with Gasteiger partial charge in [-0.1, -0.05) is 12.8 Å². The van der Waals surface area contributed by atoms with Gasteiger partial charge in [0.1, 0.15) is 0 Å². The zero-order valence-electron chi connectivity index (χ0n) is 7.45. The fraction of sp³-hybridized carbons (Fsp3) is 0.600. The Labute approximate surface area is 80.2 Å². The monoisotopic (exact) mass is 183 g/mol. The standard InChI is InChI=1S/C10H17NS/c12-10-6-2-1-3-7-11-8-4-5-9-11/h4-5,8-9,12H,1-3,6-7,10H2. The highest BCUT2D eigenvalue weighted by Crippen LogP contribution is 2.03. The predicted molar refractivity (Wildman–Crippen MR) is 56.8 cm³/mol. The molecule has 0 aliphatic heterocycles. The summed E-state index contributed by atoms with van der Waals surface area (Å²) in [6, 6.07) is 4.15. The Hall–Kier alpha value is -0.370. The van der Waals surface area contributed by atoms with E-state index in [-0.39, 0.29) is 0 Å². The molecule has 0 radical (unpaired) electrons. The van der Waals surface area contributed by atoms with Crippen LogP contribution in [-0.4, -0.2) is 10.3 Å². The molecule has 1 aromatic heterocycles. The molecule has 0 unspecified atom stereocenters. The fourth-order valence-electron chi connectivity index (χ4n) is 1.28. The van der Waals surface area contributed by atoms with Gasteiger partial charge in [-0.25, -0.2) is 0 Å². The second-order valence-electron chi connectivity index (χ2n) is 3.06. The van der Waals surface area contributed by atoms with Crippen LogP contribution < -0.4 is 0 Å². The highest BCUT2D eigenvalue weighted by Gasteiger charge is 1.89. The topological polar surface area (TPSA) is 4.93 Å². The minimum atomic E-state index is 1.03. The van der Waals surface area contributed by atoms with Gasteiger partial charge >= 0.3 is 0 Å². The van der Waals surface area contributed by atoms with Crippen molar-refractivity contribution in [3.05, 3.63) is 24.5 Å². The SMILES string of the molecule is SCCCCCCn1cccc1. The maximum absolute atomic E-state index is 4.18. The first-order valence-corrected chi connectivity index (χ1v) is 5.28. The van der Waals surface area contributed by atoms with Gasteiger partial charge in [0.15, 0.2) is 0 Å². The van der Waals surface area contributed by atoms with E-state index in [0.29, 0.717) is 0 Å². The first-order valence-electron chi connectivity index (χ1n) is 4.65. The number of aryl methyl sites for hydroxylation is 1. The van der Waals surface area contributed by atoms with Crippen LogP contribution in [0, 0.1) is 0 Å². The lowest BCUT2D eigenvalue weighted by Crippen LogP contribution is -1.93. The molecule has 0 aromatic carbocycles. The minimum Gasteiger partial charge on any atom is -0.354 e. The molecule has 0 bridgehead atoms. The molecule has 0 N–H and O–H groups in total. The van der Waals surface area contributed by atoms with Crippen LogP contribution in [0.25, 0.3) is 0 Å². The molecule has 12 heavy (non-hydrogen) atoms. The van der Waals surface area contributed by atoms with Crippen molar-refractivity contribution in [1.82, 2.24) is 4.57 Å². The third-order valence-electron chi connectivity index (χ3n) is 1.99. The van der Waals surface area contributed by atoms with Gasteiger partial charge in [0, 0.05) is 18.9 Å². The summed E-state index contributed by atoms with van der Waals surface area (Å²) >= 11 is 4.18. The van der Waals surface area contributed by atoms with Gasteiger partial charge in [0.2, 0.25) is 0 Å². The summed E-state index contributed by atoms with van der Waals surface area (Å²) in [5.41, 5.74) is 0. The summed E-state index contributed by atoms with van der Waals surface area (Å²) in [6.45, 7) is 1.17. The summed E-state index contributed by atoms with van der Waals surface area (Å²) in [4.78, 5) is 0. The van der Waals surface area contributed by atoms with Crippen molar-refractivity contribution in [1.29, 1.82) is 0 Å². The second-order valence-corrected chi connectivity index (χ2v) is 3.51. The molecule has 1 rings (SSSR count). The molecular formula is C10H17NS. The smallest absolute Gasteiger partial charge is 0.0219 e. The molecule has 0 saturated heterocycles. The summed E-state index contributed by atoms with van der Waals surface area (Å²) in [5.74, 6) is 1.03. The van der Waals surface area contributed by atoms with Gasteiger partial charge in [-0.2, -0.15) is 12.6 Å². The van der Waals surface area contributed by atoms with E-state index in [1.54, 1.807) is 0 Å². The van der Waals surface area contributed by atoms with Crippen molar-refractivity contribution >= 4 is 12.6 Å². The van der Waals surface area contributed by atoms with E-state index in [0.717, 1.165) is 5.75 Å². The number of hydrogen-bond donors (Lipinski definition) is 1. The van der Waals surface area contributed by atoms with Crippen LogP contribution in [0.4, 0.5) is 0 Å². The maximum atomic E-state index is 4.18. The zero-order valence-corrected chi connectivity index (χ0v) is 8.34. The molecule has 1 nitrogen and oxygen atoms in total. The number of thiol groups is 1. The van der Waals surface area contributed by atoms with Gasteiger partial charge < -0.3 is 4.57 Å². The van der Waals surface area contributed by atoms with Gasteiger partial charge in [0.05, 0.1) is 0 Å². The minimum absolute atomic E-state index is 1.03. The van der Waals surface area contributed by atoms with E-state index < -0.39 is 0 Å². The average Bonchev–Trinajstić information content (AvgIpc) is 2.57. The number of hydrogen-bond acceptors (Lipinski definition) is 1. The van der Waals surface area contributed by atoms with E-state index in [9.17, 15) is 0 Å². The molecule has 68 valence electrons. The summed E-state index contributed by atoms with van der Waals surface area (Å²) < 4.78 is 2.24. The van der Waals surface area contributed by atoms with Crippen LogP contribution in [0.15, 0.2) is 24.5 Å². The van der Waals surface area contributed by atoms with Crippen LogP contribution >= 0.6 is 12.6 Å². The van der Waals surface area contributed by atoms with Crippen molar-refractivity contribution in [3.63, 3.8) is 0 Å². The molecule has 0 spiro atoms. The van der Waals surface area contributed by atoms with Crippen molar-refractivity contribution in [2.24, 2.45) is 0 Å². The van der Waals surface area contributed by atoms with Gasteiger partial charge in [-0.05, 0) is 30.7 Å². The van der Waals surface area contributed by atoms with Gasteiger partial charge in [-0.3, -0.25) is 0 Å². The summed E-state index contributed by atoms with van der Waals surface area (Å²) in [7, 11) is 0.